The molecule has 0 radical (unpaired) electrons. The Kier molecular flexibility index (Phi) is 5.00. The first-order valence-corrected chi connectivity index (χ1v) is 7.51. The second-order valence-corrected chi connectivity index (χ2v) is 5.86. The maximum absolute atomic E-state index is 12.3. The van der Waals surface area contributed by atoms with Gasteiger partial charge in [-0.25, -0.2) is 0 Å². The molecule has 0 aromatic rings. The van der Waals surface area contributed by atoms with Gasteiger partial charge in [-0.3, -0.25) is 4.79 Å². The third kappa shape index (κ3) is 3.13. The van der Waals surface area contributed by atoms with Crippen LogP contribution >= 0.6 is 0 Å². The zero-order chi connectivity index (χ0) is 14.6. The lowest BCUT2D eigenvalue weighted by atomic mass is 9.76. The molecule has 2 aliphatic rings. The van der Waals surface area contributed by atoms with Gasteiger partial charge in [-0.05, 0) is 45.4 Å². The van der Waals surface area contributed by atoms with Gasteiger partial charge < -0.3 is 14.4 Å². The minimum Gasteiger partial charge on any atom is -0.376 e. The van der Waals surface area contributed by atoms with Gasteiger partial charge in [0.2, 0.25) is 0 Å². The first-order valence-electron chi connectivity index (χ1n) is 7.51. The summed E-state index contributed by atoms with van der Waals surface area (Å²) in [5.74, 6) is -0.109. The van der Waals surface area contributed by atoms with Crippen LogP contribution in [0.3, 0.4) is 0 Å². The average molecular weight is 280 g/mol. The first-order chi connectivity index (χ1) is 9.59. The molecular formula is C15H24N2O3. The molecule has 1 heterocycles. The van der Waals surface area contributed by atoms with Gasteiger partial charge >= 0.3 is 0 Å². The number of likely N-dealkylation sites (N-methyl/N-ethyl adjacent to an activating group) is 1. The molecule has 0 N–H and O–H groups in total. The summed E-state index contributed by atoms with van der Waals surface area (Å²) in [7, 11) is 1.71. The van der Waals surface area contributed by atoms with Crippen LogP contribution in [0.2, 0.25) is 0 Å². The van der Waals surface area contributed by atoms with Crippen LogP contribution in [0.25, 0.3) is 0 Å². The lowest BCUT2D eigenvalue weighted by molar-refractivity contribution is -0.151. The van der Waals surface area contributed by atoms with E-state index in [-0.39, 0.29) is 12.0 Å². The van der Waals surface area contributed by atoms with E-state index in [2.05, 4.69) is 6.07 Å². The van der Waals surface area contributed by atoms with Crippen LogP contribution in [-0.2, 0) is 14.3 Å². The molecule has 5 heteroatoms. The number of hydrogen-bond donors (Lipinski definition) is 0. The van der Waals surface area contributed by atoms with Gasteiger partial charge in [-0.15, -0.1) is 0 Å². The highest BCUT2D eigenvalue weighted by atomic mass is 16.5. The highest BCUT2D eigenvalue weighted by Gasteiger charge is 2.44. The summed E-state index contributed by atoms with van der Waals surface area (Å²) in [4.78, 5) is 13.9. The Bertz CT molecular complexity index is 381. The fraction of sp³-hybridized carbons (Fsp3) is 0.867. The van der Waals surface area contributed by atoms with Gasteiger partial charge in [-0.1, -0.05) is 0 Å². The minimum atomic E-state index is -0.601. The molecule has 2 fully saturated rings. The number of carbonyl (C=O) groups is 1. The molecular weight excluding hydrogens is 256 g/mol. The Morgan fingerprint density at radius 1 is 1.50 bits per heavy atom. The van der Waals surface area contributed by atoms with E-state index in [0.717, 1.165) is 45.1 Å². The van der Waals surface area contributed by atoms with Crippen molar-refractivity contribution in [2.24, 2.45) is 0 Å². The number of amides is 1. The van der Waals surface area contributed by atoms with E-state index in [1.165, 1.54) is 0 Å². The summed E-state index contributed by atoms with van der Waals surface area (Å²) in [6, 6.07) is 2.28. The number of hydrogen-bond acceptors (Lipinski definition) is 4. The van der Waals surface area contributed by atoms with Gasteiger partial charge in [0.05, 0.1) is 18.8 Å². The molecule has 0 aromatic carbocycles. The van der Waals surface area contributed by atoms with Crippen molar-refractivity contribution in [3.63, 3.8) is 0 Å². The third-order valence-electron chi connectivity index (χ3n) is 4.52. The van der Waals surface area contributed by atoms with Crippen LogP contribution in [0.1, 0.15) is 45.4 Å². The molecule has 2 atom stereocenters. The van der Waals surface area contributed by atoms with Gasteiger partial charge in [0.1, 0.15) is 11.6 Å². The predicted octanol–water partition coefficient (Wildman–Crippen LogP) is 1.87. The maximum atomic E-state index is 12.3. The first kappa shape index (κ1) is 15.3. The van der Waals surface area contributed by atoms with E-state index in [1.54, 1.807) is 18.9 Å². The van der Waals surface area contributed by atoms with Crippen LogP contribution in [0.5, 0.6) is 0 Å². The van der Waals surface area contributed by atoms with Gasteiger partial charge in [0.15, 0.2) is 0 Å². The largest absolute Gasteiger partial charge is 0.376 e. The molecule has 1 aliphatic carbocycles. The standard InChI is InChI=1S/C15H24N2O3/c1-12(20-10-13-6-3-4-9-19-13)14(18)17(2)15(11-16)7-5-8-15/h12-13H,3-10H2,1-2H3. The topological polar surface area (TPSA) is 62.6 Å². The Morgan fingerprint density at radius 3 is 2.75 bits per heavy atom. The Hall–Kier alpha value is -1.12. The van der Waals surface area contributed by atoms with Crippen LogP contribution in [-0.4, -0.2) is 48.8 Å². The Balaban J connectivity index is 1.80. The lowest BCUT2D eigenvalue weighted by Gasteiger charge is -2.43. The number of nitrogens with zero attached hydrogens (tertiary/aromatic N) is 2. The lowest BCUT2D eigenvalue weighted by Crippen LogP contribution is -2.56. The van der Waals surface area contributed by atoms with E-state index in [0.29, 0.717) is 6.61 Å². The molecule has 1 aliphatic heterocycles. The third-order valence-corrected chi connectivity index (χ3v) is 4.52. The molecule has 2 rings (SSSR count). The van der Waals surface area contributed by atoms with Crippen LogP contribution in [0, 0.1) is 11.3 Å². The highest BCUT2D eigenvalue weighted by molar-refractivity contribution is 5.81. The van der Waals surface area contributed by atoms with Crippen molar-refractivity contribution in [2.75, 3.05) is 20.3 Å². The summed E-state index contributed by atoms with van der Waals surface area (Å²) in [5, 5.41) is 9.27. The fourth-order valence-corrected chi connectivity index (χ4v) is 2.78. The second-order valence-electron chi connectivity index (χ2n) is 5.86. The summed E-state index contributed by atoms with van der Waals surface area (Å²) in [5.41, 5.74) is -0.601. The molecule has 0 aromatic heterocycles. The number of rotatable bonds is 5. The monoisotopic (exact) mass is 280 g/mol. The predicted molar refractivity (Wildman–Crippen MR) is 74.0 cm³/mol. The van der Waals surface area contributed by atoms with E-state index >= 15 is 0 Å². The maximum Gasteiger partial charge on any atom is 0.252 e. The molecule has 112 valence electrons. The molecule has 1 saturated heterocycles. The molecule has 2 unspecified atom stereocenters. The van der Waals surface area contributed by atoms with Crippen LogP contribution < -0.4 is 0 Å². The normalized spacial score (nSPS) is 26.1. The molecule has 0 spiro atoms. The van der Waals surface area contributed by atoms with Crippen molar-refractivity contribution in [2.45, 2.75) is 63.2 Å². The second kappa shape index (κ2) is 6.55. The van der Waals surface area contributed by atoms with Crippen molar-refractivity contribution in [1.29, 1.82) is 5.26 Å². The van der Waals surface area contributed by atoms with Crippen molar-refractivity contribution < 1.29 is 14.3 Å². The molecule has 5 nitrogen and oxygen atoms in total. The van der Waals surface area contributed by atoms with E-state index in [9.17, 15) is 10.1 Å². The molecule has 0 bridgehead atoms. The minimum absolute atomic E-state index is 0.109. The van der Waals surface area contributed by atoms with E-state index in [1.807, 2.05) is 0 Å². The Morgan fingerprint density at radius 2 is 2.25 bits per heavy atom. The molecule has 1 saturated carbocycles. The summed E-state index contributed by atoms with van der Waals surface area (Å²) >= 11 is 0. The fourth-order valence-electron chi connectivity index (χ4n) is 2.78. The van der Waals surface area contributed by atoms with Crippen molar-refractivity contribution in [3.05, 3.63) is 0 Å². The van der Waals surface area contributed by atoms with Crippen LogP contribution in [0.4, 0.5) is 0 Å². The SMILES string of the molecule is CC(OCC1CCCCO1)C(=O)N(C)C1(C#N)CCC1. The van der Waals surface area contributed by atoms with E-state index in [4.69, 9.17) is 9.47 Å². The van der Waals surface area contributed by atoms with Gasteiger partial charge in [0.25, 0.3) is 5.91 Å². The quantitative estimate of drug-likeness (QED) is 0.771. The highest BCUT2D eigenvalue weighted by Crippen LogP contribution is 2.36. The van der Waals surface area contributed by atoms with Gasteiger partial charge in [-0.2, -0.15) is 5.26 Å². The van der Waals surface area contributed by atoms with Crippen molar-refractivity contribution in [3.8, 4) is 6.07 Å². The van der Waals surface area contributed by atoms with Crippen LogP contribution in [0.15, 0.2) is 0 Å². The summed E-state index contributed by atoms with van der Waals surface area (Å²) in [6.07, 6.45) is 5.41. The van der Waals surface area contributed by atoms with Gasteiger partial charge in [0, 0.05) is 13.7 Å². The zero-order valence-electron chi connectivity index (χ0n) is 12.4. The molecule has 1 amide bonds. The summed E-state index contributed by atoms with van der Waals surface area (Å²) in [6.45, 7) is 3.00. The smallest absolute Gasteiger partial charge is 0.252 e. The van der Waals surface area contributed by atoms with Crippen molar-refractivity contribution in [1.82, 2.24) is 4.90 Å². The molecule has 20 heavy (non-hydrogen) atoms. The number of ether oxygens (including phenoxy) is 2. The number of nitriles is 1. The zero-order valence-corrected chi connectivity index (χ0v) is 12.4. The Labute approximate surface area is 120 Å². The average Bonchev–Trinajstić information content (AvgIpc) is 2.44. The summed E-state index contributed by atoms with van der Waals surface area (Å²) < 4.78 is 11.2. The number of carbonyl (C=O) groups excluding carboxylic acids is 1. The van der Waals surface area contributed by atoms with Crippen molar-refractivity contribution >= 4 is 5.91 Å². The van der Waals surface area contributed by atoms with E-state index < -0.39 is 11.6 Å².